The third-order valence-corrected chi connectivity index (χ3v) is 4.19. The van der Waals surface area contributed by atoms with E-state index in [9.17, 15) is 22.8 Å². The van der Waals surface area contributed by atoms with Gasteiger partial charge < -0.3 is 16.0 Å². The zero-order valence-corrected chi connectivity index (χ0v) is 16.5. The third-order valence-electron chi connectivity index (χ3n) is 4.19. The lowest BCUT2D eigenvalue weighted by atomic mass is 9.82. The monoisotopic (exact) mass is 407 g/mol. The first kappa shape index (κ1) is 22.4. The van der Waals surface area contributed by atoms with Gasteiger partial charge in [0.15, 0.2) is 11.6 Å². The molecule has 3 N–H and O–H groups in total. The summed E-state index contributed by atoms with van der Waals surface area (Å²) < 4.78 is 39.2. The molecule has 2 aromatic rings. The molecule has 8 heteroatoms. The second kappa shape index (κ2) is 9.56. The molecule has 0 bridgehead atoms. The Bertz CT molecular complexity index is 864. The minimum atomic E-state index is -1.08. The second-order valence-electron chi connectivity index (χ2n) is 7.69. The number of halogens is 3. The van der Waals surface area contributed by atoms with Crippen LogP contribution in [0.1, 0.15) is 32.4 Å². The van der Waals surface area contributed by atoms with E-state index in [0.717, 1.165) is 17.7 Å². The minimum Gasteiger partial charge on any atom is -0.346 e. The predicted molar refractivity (Wildman–Crippen MR) is 105 cm³/mol. The van der Waals surface area contributed by atoms with Gasteiger partial charge in [0.2, 0.25) is 11.8 Å². The summed E-state index contributed by atoms with van der Waals surface area (Å²) in [5, 5.41) is 7.95. The molecule has 2 aromatic carbocycles. The van der Waals surface area contributed by atoms with Crippen LogP contribution in [0.15, 0.2) is 42.5 Å². The van der Waals surface area contributed by atoms with Crippen molar-refractivity contribution in [3.63, 3.8) is 0 Å². The SMILES string of the molecule is CC(C)(C)C(NCC(=O)NCC(=O)Nc1ccc(F)c(F)c1)c1ccc(F)cc1. The molecule has 0 saturated carbocycles. The van der Waals surface area contributed by atoms with E-state index >= 15 is 0 Å². The molecule has 2 amide bonds. The van der Waals surface area contributed by atoms with E-state index in [0.29, 0.717) is 0 Å². The molecule has 0 radical (unpaired) electrons. The molecule has 0 spiro atoms. The van der Waals surface area contributed by atoms with E-state index in [-0.39, 0.29) is 36.1 Å². The van der Waals surface area contributed by atoms with Gasteiger partial charge in [-0.05, 0) is 35.2 Å². The number of nitrogens with one attached hydrogen (secondary N) is 3. The molecule has 2 rings (SSSR count). The number of hydrogen-bond acceptors (Lipinski definition) is 3. The minimum absolute atomic E-state index is 0.0578. The largest absolute Gasteiger partial charge is 0.346 e. The zero-order chi connectivity index (χ0) is 21.6. The number of carbonyl (C=O) groups excluding carboxylic acids is 2. The van der Waals surface area contributed by atoms with Crippen LogP contribution in [-0.2, 0) is 9.59 Å². The Morgan fingerprint density at radius 1 is 0.897 bits per heavy atom. The van der Waals surface area contributed by atoms with Crippen molar-refractivity contribution in [1.82, 2.24) is 10.6 Å². The lowest BCUT2D eigenvalue weighted by molar-refractivity contribution is -0.123. The molecule has 0 fully saturated rings. The highest BCUT2D eigenvalue weighted by atomic mass is 19.2. The quantitative estimate of drug-likeness (QED) is 0.658. The maximum atomic E-state index is 13.2. The molecule has 29 heavy (non-hydrogen) atoms. The van der Waals surface area contributed by atoms with Gasteiger partial charge in [-0.15, -0.1) is 0 Å². The van der Waals surface area contributed by atoms with Gasteiger partial charge in [0.1, 0.15) is 5.82 Å². The normalized spacial score (nSPS) is 12.3. The van der Waals surface area contributed by atoms with Crippen LogP contribution in [0.4, 0.5) is 18.9 Å². The maximum absolute atomic E-state index is 13.2. The standard InChI is InChI=1S/C21H24F3N3O2/c1-21(2,3)20(13-4-6-14(22)7-5-13)26-11-18(28)25-12-19(29)27-15-8-9-16(23)17(24)10-15/h4-10,20,26H,11-12H2,1-3H3,(H,25,28)(H,27,29). The Morgan fingerprint density at radius 3 is 2.14 bits per heavy atom. The number of rotatable bonds is 7. The average molecular weight is 407 g/mol. The summed E-state index contributed by atoms with van der Waals surface area (Å²) in [6.45, 7) is 5.58. The van der Waals surface area contributed by atoms with Crippen molar-refractivity contribution in [1.29, 1.82) is 0 Å². The summed E-state index contributed by atoms with van der Waals surface area (Å²) in [5.41, 5.74) is 0.676. The van der Waals surface area contributed by atoms with E-state index in [1.54, 1.807) is 12.1 Å². The van der Waals surface area contributed by atoms with Gasteiger partial charge in [-0.3, -0.25) is 9.59 Å². The molecule has 5 nitrogen and oxygen atoms in total. The zero-order valence-electron chi connectivity index (χ0n) is 16.5. The number of hydrogen-bond donors (Lipinski definition) is 3. The van der Waals surface area contributed by atoms with Gasteiger partial charge in [0.05, 0.1) is 13.1 Å². The second-order valence-corrected chi connectivity index (χ2v) is 7.69. The fourth-order valence-electron chi connectivity index (χ4n) is 2.79. The topological polar surface area (TPSA) is 70.2 Å². The van der Waals surface area contributed by atoms with Crippen LogP contribution in [0.5, 0.6) is 0 Å². The summed E-state index contributed by atoms with van der Waals surface area (Å²) in [6, 6.07) is 8.79. The van der Waals surface area contributed by atoms with Crippen LogP contribution in [0.25, 0.3) is 0 Å². The maximum Gasteiger partial charge on any atom is 0.243 e. The van der Waals surface area contributed by atoms with Gasteiger partial charge in [0, 0.05) is 17.8 Å². The van der Waals surface area contributed by atoms with Crippen molar-refractivity contribution in [2.24, 2.45) is 5.41 Å². The Kier molecular flexibility index (Phi) is 7.39. The van der Waals surface area contributed by atoms with Crippen molar-refractivity contribution in [3.8, 4) is 0 Å². The van der Waals surface area contributed by atoms with Crippen LogP contribution < -0.4 is 16.0 Å². The van der Waals surface area contributed by atoms with E-state index in [2.05, 4.69) is 16.0 Å². The highest BCUT2D eigenvalue weighted by Crippen LogP contribution is 2.32. The molecule has 156 valence electrons. The molecule has 0 saturated heterocycles. The van der Waals surface area contributed by atoms with Crippen LogP contribution in [0, 0.1) is 22.9 Å². The van der Waals surface area contributed by atoms with Gasteiger partial charge in [0.25, 0.3) is 0 Å². The van der Waals surface area contributed by atoms with Crippen molar-refractivity contribution in [2.45, 2.75) is 26.8 Å². The Morgan fingerprint density at radius 2 is 1.55 bits per heavy atom. The van der Waals surface area contributed by atoms with Crippen LogP contribution in [-0.4, -0.2) is 24.9 Å². The molecule has 0 aliphatic carbocycles. The number of benzene rings is 2. The van der Waals surface area contributed by atoms with E-state index in [1.807, 2.05) is 20.8 Å². The number of carbonyl (C=O) groups is 2. The van der Waals surface area contributed by atoms with Crippen molar-refractivity contribution < 1.29 is 22.8 Å². The summed E-state index contributed by atoms with van der Waals surface area (Å²) >= 11 is 0. The molecule has 1 unspecified atom stereocenters. The molecule has 0 aromatic heterocycles. The first-order valence-corrected chi connectivity index (χ1v) is 9.06. The van der Waals surface area contributed by atoms with E-state index in [4.69, 9.17) is 0 Å². The van der Waals surface area contributed by atoms with Crippen molar-refractivity contribution in [2.75, 3.05) is 18.4 Å². The summed E-state index contributed by atoms with van der Waals surface area (Å²) in [5.74, 6) is -3.43. The molecule has 1 atom stereocenters. The van der Waals surface area contributed by atoms with Crippen molar-refractivity contribution in [3.05, 3.63) is 65.5 Å². The first-order chi connectivity index (χ1) is 13.6. The Balaban J connectivity index is 1.86. The lowest BCUT2D eigenvalue weighted by Gasteiger charge is -2.32. The summed E-state index contributed by atoms with van der Waals surface area (Å²) in [6.07, 6.45) is 0. The Labute approximate surface area is 167 Å². The molecule has 0 aliphatic rings. The van der Waals surface area contributed by atoms with E-state index in [1.165, 1.54) is 18.2 Å². The molecule has 0 heterocycles. The fraction of sp³-hybridized carbons (Fsp3) is 0.333. The van der Waals surface area contributed by atoms with E-state index < -0.39 is 23.4 Å². The highest BCUT2D eigenvalue weighted by Gasteiger charge is 2.26. The summed E-state index contributed by atoms with van der Waals surface area (Å²) in [7, 11) is 0. The first-order valence-electron chi connectivity index (χ1n) is 9.06. The predicted octanol–water partition coefficient (Wildman–Crippen LogP) is 3.54. The van der Waals surface area contributed by atoms with Crippen LogP contribution in [0.3, 0.4) is 0 Å². The molecular formula is C21H24F3N3O2. The third kappa shape index (κ3) is 6.90. The molecule has 0 aliphatic heterocycles. The van der Waals surface area contributed by atoms with Crippen molar-refractivity contribution >= 4 is 17.5 Å². The number of amides is 2. The smallest absolute Gasteiger partial charge is 0.243 e. The lowest BCUT2D eigenvalue weighted by Crippen LogP contribution is -2.42. The van der Waals surface area contributed by atoms with Gasteiger partial charge in [-0.1, -0.05) is 32.9 Å². The van der Waals surface area contributed by atoms with Crippen LogP contribution in [0.2, 0.25) is 0 Å². The highest BCUT2D eigenvalue weighted by molar-refractivity contribution is 5.94. The Hall–Kier alpha value is -2.87. The fourth-order valence-corrected chi connectivity index (χ4v) is 2.79. The number of anilines is 1. The summed E-state index contributed by atoms with van der Waals surface area (Å²) in [4.78, 5) is 24.0. The van der Waals surface area contributed by atoms with Gasteiger partial charge >= 0.3 is 0 Å². The van der Waals surface area contributed by atoms with Gasteiger partial charge in [-0.25, -0.2) is 13.2 Å². The van der Waals surface area contributed by atoms with Gasteiger partial charge in [-0.2, -0.15) is 0 Å². The van der Waals surface area contributed by atoms with Crippen LogP contribution >= 0.6 is 0 Å². The molecular weight excluding hydrogens is 383 g/mol. The average Bonchev–Trinajstić information content (AvgIpc) is 2.63.